The van der Waals surface area contributed by atoms with Crippen LogP contribution in [0, 0.1) is 0 Å². The van der Waals surface area contributed by atoms with Gasteiger partial charge in [0.15, 0.2) is 0 Å². The van der Waals surface area contributed by atoms with Gasteiger partial charge in [-0.25, -0.2) is 0 Å². The van der Waals surface area contributed by atoms with E-state index in [1.807, 2.05) is 18.2 Å². The molecule has 0 radical (unpaired) electrons. The number of carbonyl (C=O) groups is 1. The number of aromatic nitrogens is 3. The number of rotatable bonds is 2. The zero-order chi connectivity index (χ0) is 14.4. The Balaban J connectivity index is 1.62. The zero-order valence-corrected chi connectivity index (χ0v) is 12.0. The summed E-state index contributed by atoms with van der Waals surface area (Å²) in [6.45, 7) is 0. The molecule has 1 aromatic heterocycles. The van der Waals surface area contributed by atoms with Crippen LogP contribution in [0.5, 0.6) is 0 Å². The third-order valence-corrected chi connectivity index (χ3v) is 4.82. The zero-order valence-electron chi connectivity index (χ0n) is 12.0. The standard InChI is InChI=1S/C15H18N4O2/c1-21-12-7-10-3-4-11(8-12)19(10)15(20)9-2-5-13-14(6-9)17-18-16-13/h2,5-6,10-12H,3-4,7-8H2,1H3,(H,16,17,18). The normalized spacial score (nSPS) is 28.2. The fraction of sp³-hybridized carbons (Fsp3) is 0.533. The van der Waals surface area contributed by atoms with Crippen molar-refractivity contribution in [3.05, 3.63) is 23.8 Å². The number of amides is 1. The first-order valence-corrected chi connectivity index (χ1v) is 7.42. The van der Waals surface area contributed by atoms with Gasteiger partial charge < -0.3 is 9.64 Å². The third kappa shape index (κ3) is 2.01. The van der Waals surface area contributed by atoms with Gasteiger partial charge in [-0.2, -0.15) is 15.4 Å². The number of carbonyl (C=O) groups excluding carboxylic acids is 1. The predicted molar refractivity (Wildman–Crippen MR) is 76.9 cm³/mol. The topological polar surface area (TPSA) is 71.1 Å². The van der Waals surface area contributed by atoms with Crippen molar-refractivity contribution in [3.8, 4) is 0 Å². The average Bonchev–Trinajstić information content (AvgIpc) is 3.08. The lowest BCUT2D eigenvalue weighted by Crippen LogP contribution is -2.48. The number of ether oxygens (including phenoxy) is 1. The van der Waals surface area contributed by atoms with Gasteiger partial charge in [-0.3, -0.25) is 4.79 Å². The summed E-state index contributed by atoms with van der Waals surface area (Å²) in [6, 6.07) is 6.14. The van der Waals surface area contributed by atoms with Gasteiger partial charge in [0.05, 0.1) is 6.10 Å². The number of nitrogens with one attached hydrogen (secondary N) is 1. The van der Waals surface area contributed by atoms with Crippen LogP contribution >= 0.6 is 0 Å². The van der Waals surface area contributed by atoms with Crippen molar-refractivity contribution in [2.75, 3.05) is 7.11 Å². The molecule has 2 atom stereocenters. The van der Waals surface area contributed by atoms with Gasteiger partial charge in [0.2, 0.25) is 0 Å². The van der Waals surface area contributed by atoms with Gasteiger partial charge in [0, 0.05) is 24.8 Å². The second kappa shape index (κ2) is 4.80. The molecular formula is C15H18N4O2. The Morgan fingerprint density at radius 3 is 2.67 bits per heavy atom. The summed E-state index contributed by atoms with van der Waals surface area (Å²) in [5.41, 5.74) is 2.22. The van der Waals surface area contributed by atoms with E-state index < -0.39 is 0 Å². The number of H-pyrrole nitrogens is 1. The SMILES string of the molecule is COC1CC2CCC(C1)N2C(=O)c1ccc2n[nH]nc2c1. The van der Waals surface area contributed by atoms with Crippen LogP contribution in [0.4, 0.5) is 0 Å². The molecule has 3 heterocycles. The highest BCUT2D eigenvalue weighted by Gasteiger charge is 2.43. The smallest absolute Gasteiger partial charge is 0.254 e. The number of piperidine rings is 1. The molecule has 2 aliphatic rings. The Morgan fingerprint density at radius 2 is 1.95 bits per heavy atom. The van der Waals surface area contributed by atoms with Crippen LogP contribution < -0.4 is 0 Å². The molecule has 2 aromatic rings. The van der Waals surface area contributed by atoms with Crippen molar-refractivity contribution in [2.45, 2.75) is 43.9 Å². The highest BCUT2D eigenvalue weighted by molar-refractivity contribution is 5.97. The molecule has 0 saturated carbocycles. The summed E-state index contributed by atoms with van der Waals surface area (Å²) in [5, 5.41) is 10.7. The quantitative estimate of drug-likeness (QED) is 0.913. The number of benzene rings is 1. The first kappa shape index (κ1) is 12.8. The minimum absolute atomic E-state index is 0.113. The van der Waals surface area contributed by atoms with E-state index in [0.717, 1.165) is 36.7 Å². The third-order valence-electron chi connectivity index (χ3n) is 4.82. The Hall–Kier alpha value is -1.95. The van der Waals surface area contributed by atoms with Gasteiger partial charge in [0.25, 0.3) is 5.91 Å². The van der Waals surface area contributed by atoms with Crippen LogP contribution in [0.2, 0.25) is 0 Å². The van der Waals surface area contributed by atoms with Crippen molar-refractivity contribution >= 4 is 16.9 Å². The lowest BCUT2D eigenvalue weighted by atomic mass is 9.98. The first-order chi connectivity index (χ1) is 10.3. The number of hydrogen-bond donors (Lipinski definition) is 1. The molecule has 4 rings (SSSR count). The molecule has 1 N–H and O–H groups in total. The van der Waals surface area contributed by atoms with Crippen LogP contribution in [0.1, 0.15) is 36.0 Å². The second-order valence-corrected chi connectivity index (χ2v) is 5.95. The molecule has 1 aromatic carbocycles. The van der Waals surface area contributed by atoms with Crippen LogP contribution in [0.3, 0.4) is 0 Å². The average molecular weight is 286 g/mol. The van der Waals surface area contributed by atoms with E-state index in [2.05, 4.69) is 20.3 Å². The number of hydrogen-bond acceptors (Lipinski definition) is 4. The molecule has 2 unspecified atom stereocenters. The number of nitrogens with zero attached hydrogens (tertiary/aromatic N) is 3. The molecule has 2 bridgehead atoms. The van der Waals surface area contributed by atoms with Crippen LogP contribution in [-0.4, -0.2) is 51.5 Å². The summed E-state index contributed by atoms with van der Waals surface area (Å²) in [4.78, 5) is 14.9. The summed E-state index contributed by atoms with van der Waals surface area (Å²) < 4.78 is 5.49. The van der Waals surface area contributed by atoms with Crippen LogP contribution in [0.25, 0.3) is 11.0 Å². The Morgan fingerprint density at radius 1 is 1.24 bits per heavy atom. The molecule has 110 valence electrons. The van der Waals surface area contributed by atoms with Crippen molar-refractivity contribution in [2.24, 2.45) is 0 Å². The molecule has 2 aliphatic heterocycles. The Bertz CT molecular complexity index is 669. The minimum atomic E-state index is 0.113. The Labute approximate surface area is 122 Å². The van der Waals surface area contributed by atoms with Crippen molar-refractivity contribution in [1.82, 2.24) is 20.3 Å². The summed E-state index contributed by atoms with van der Waals surface area (Å²) in [5.74, 6) is 0.113. The molecule has 1 amide bonds. The van der Waals surface area contributed by atoms with Crippen LogP contribution in [-0.2, 0) is 4.74 Å². The maximum absolute atomic E-state index is 12.8. The molecule has 21 heavy (non-hydrogen) atoms. The fourth-order valence-corrected chi connectivity index (χ4v) is 3.77. The largest absolute Gasteiger partial charge is 0.381 e. The molecule has 0 aliphatic carbocycles. The highest BCUT2D eigenvalue weighted by Crippen LogP contribution is 2.37. The summed E-state index contributed by atoms with van der Waals surface area (Å²) >= 11 is 0. The van der Waals surface area contributed by atoms with Crippen LogP contribution in [0.15, 0.2) is 18.2 Å². The second-order valence-electron chi connectivity index (χ2n) is 5.95. The fourth-order valence-electron chi connectivity index (χ4n) is 3.77. The lowest BCUT2D eigenvalue weighted by molar-refractivity contribution is 0.00823. The van der Waals surface area contributed by atoms with Gasteiger partial charge in [0.1, 0.15) is 11.0 Å². The van der Waals surface area contributed by atoms with Gasteiger partial charge in [-0.05, 0) is 43.9 Å². The summed E-state index contributed by atoms with van der Waals surface area (Å²) in [7, 11) is 1.76. The molecular weight excluding hydrogens is 268 g/mol. The van der Waals surface area contributed by atoms with Gasteiger partial charge >= 0.3 is 0 Å². The van der Waals surface area contributed by atoms with E-state index >= 15 is 0 Å². The lowest BCUT2D eigenvalue weighted by Gasteiger charge is -2.38. The van der Waals surface area contributed by atoms with E-state index in [4.69, 9.17) is 4.74 Å². The first-order valence-electron chi connectivity index (χ1n) is 7.42. The van der Waals surface area contributed by atoms with E-state index in [0.29, 0.717) is 23.8 Å². The van der Waals surface area contributed by atoms with Gasteiger partial charge in [-0.15, -0.1) is 0 Å². The van der Waals surface area contributed by atoms with Crippen molar-refractivity contribution < 1.29 is 9.53 Å². The number of aromatic amines is 1. The minimum Gasteiger partial charge on any atom is -0.381 e. The maximum Gasteiger partial charge on any atom is 0.254 e. The molecule has 2 saturated heterocycles. The molecule has 2 fully saturated rings. The monoisotopic (exact) mass is 286 g/mol. The number of fused-ring (bicyclic) bond motifs is 3. The van der Waals surface area contributed by atoms with E-state index in [1.165, 1.54) is 0 Å². The molecule has 6 nitrogen and oxygen atoms in total. The molecule has 6 heteroatoms. The Kier molecular flexibility index (Phi) is 2.92. The van der Waals surface area contributed by atoms with E-state index in [-0.39, 0.29) is 5.91 Å². The highest BCUT2D eigenvalue weighted by atomic mass is 16.5. The molecule has 0 spiro atoms. The van der Waals surface area contributed by atoms with Gasteiger partial charge in [-0.1, -0.05) is 0 Å². The maximum atomic E-state index is 12.8. The summed E-state index contributed by atoms with van der Waals surface area (Å²) in [6.07, 6.45) is 4.37. The van der Waals surface area contributed by atoms with Crippen molar-refractivity contribution in [1.29, 1.82) is 0 Å². The van der Waals surface area contributed by atoms with E-state index in [9.17, 15) is 4.79 Å². The predicted octanol–water partition coefficient (Wildman–Crippen LogP) is 1.74. The number of methoxy groups -OCH3 is 1. The van der Waals surface area contributed by atoms with E-state index in [1.54, 1.807) is 7.11 Å². The van der Waals surface area contributed by atoms with Crippen molar-refractivity contribution in [3.63, 3.8) is 0 Å².